The highest BCUT2D eigenvalue weighted by molar-refractivity contribution is 7.11. The van der Waals surface area contributed by atoms with E-state index >= 15 is 4.39 Å². The Morgan fingerprint density at radius 3 is 2.52 bits per heavy atom. The fourth-order valence-corrected chi connectivity index (χ4v) is 7.38. The summed E-state index contributed by atoms with van der Waals surface area (Å²) in [5.74, 6) is -2.36. The van der Waals surface area contributed by atoms with Crippen LogP contribution in [-0.4, -0.2) is 89.6 Å². The second kappa shape index (κ2) is 13.6. The van der Waals surface area contributed by atoms with Crippen LogP contribution >= 0.6 is 22.9 Å². The Labute approximate surface area is 294 Å². The molecule has 3 aliphatic heterocycles. The van der Waals surface area contributed by atoms with E-state index in [0.717, 1.165) is 0 Å². The summed E-state index contributed by atoms with van der Waals surface area (Å²) in [5.41, 5.74) is 2.62. The van der Waals surface area contributed by atoms with Crippen LogP contribution in [0.1, 0.15) is 27.0 Å². The summed E-state index contributed by atoms with van der Waals surface area (Å²) in [6, 6.07) is 13.2. The zero-order valence-corrected chi connectivity index (χ0v) is 28.0. The number of piperazine rings is 1. The first kappa shape index (κ1) is 33.3. The van der Waals surface area contributed by atoms with Crippen LogP contribution < -0.4 is 10.2 Å². The minimum absolute atomic E-state index is 0.106. The van der Waals surface area contributed by atoms with Crippen molar-refractivity contribution in [3.05, 3.63) is 116 Å². The molecule has 11 nitrogen and oxygen atoms in total. The molecular weight excluding hydrogens is 690 g/mol. The van der Waals surface area contributed by atoms with E-state index in [2.05, 4.69) is 15.2 Å². The number of carbonyl (C=O) groups is 3. The second-order valence-corrected chi connectivity index (χ2v) is 13.2. The average molecular weight is 719 g/mol. The number of hydrogen-bond donors (Lipinski definition) is 2. The summed E-state index contributed by atoms with van der Waals surface area (Å²) < 4.78 is 34.7. The van der Waals surface area contributed by atoms with Gasteiger partial charge in [-0.1, -0.05) is 35.9 Å². The highest BCUT2D eigenvalue weighted by atomic mass is 35.5. The number of anilines is 1. The number of nitrogens with zero attached hydrogens (tertiary/aromatic N) is 5. The number of ether oxygens (including phenoxy) is 1. The third kappa shape index (κ3) is 6.32. The number of aromatic nitrogens is 1. The largest absolute Gasteiger partial charge is 0.478 e. The number of fused-ring (bicyclic) bond motifs is 1. The van der Waals surface area contributed by atoms with Gasteiger partial charge in [-0.25, -0.2) is 28.1 Å². The van der Waals surface area contributed by atoms with Gasteiger partial charge in [-0.15, -0.1) is 11.3 Å². The summed E-state index contributed by atoms with van der Waals surface area (Å²) in [6.45, 7) is 1.77. The molecule has 1 aromatic heterocycles. The van der Waals surface area contributed by atoms with Gasteiger partial charge in [0.15, 0.2) is 10.8 Å². The number of aromatic carboxylic acids is 1. The molecule has 2 N–H and O–H groups in total. The Balaban J connectivity index is 1.13. The van der Waals surface area contributed by atoms with Crippen molar-refractivity contribution in [3.63, 3.8) is 0 Å². The number of hydrogen-bond acceptors (Lipinski definition) is 9. The molecule has 256 valence electrons. The first-order valence-electron chi connectivity index (χ1n) is 15.6. The molecule has 3 aliphatic rings. The standard InChI is InChI=1S/C35H29ClF2N6O5S/c1-49-34(47)29-27(40-31(32-39-10-13-50-32)41-30(29)24-8-7-22(37)15-25(24)36)18-42-11-12-43-23(16-42)17-44(35(43)48)28-9-6-21(14-26(28)38)19-2-4-20(5-3-19)33(45)46/h2-10,13-15,23,30H,11-12,16-18H2,1H3,(H,40,41)(H,45,46). The predicted molar refractivity (Wildman–Crippen MR) is 183 cm³/mol. The Bertz CT molecular complexity index is 2060. The Hall–Kier alpha value is -5.18. The zero-order valence-electron chi connectivity index (χ0n) is 26.5. The Kier molecular flexibility index (Phi) is 9.07. The summed E-state index contributed by atoms with van der Waals surface area (Å²) in [6.07, 6.45) is 1.64. The van der Waals surface area contributed by atoms with E-state index in [0.29, 0.717) is 52.9 Å². The van der Waals surface area contributed by atoms with Crippen molar-refractivity contribution in [2.75, 3.05) is 44.7 Å². The van der Waals surface area contributed by atoms with Gasteiger partial charge in [0, 0.05) is 60.6 Å². The van der Waals surface area contributed by atoms with Crippen molar-refractivity contribution in [1.82, 2.24) is 20.1 Å². The molecule has 15 heteroatoms. The molecule has 4 aromatic rings. The van der Waals surface area contributed by atoms with Crippen LogP contribution in [0.2, 0.25) is 5.02 Å². The van der Waals surface area contributed by atoms with Crippen LogP contribution in [0, 0.1) is 11.6 Å². The van der Waals surface area contributed by atoms with E-state index in [1.807, 2.05) is 0 Å². The van der Waals surface area contributed by atoms with Crippen LogP contribution in [0.3, 0.4) is 0 Å². The minimum atomic E-state index is -1.05. The number of nitrogens with one attached hydrogen (secondary N) is 1. The molecule has 2 fully saturated rings. The molecule has 0 aliphatic carbocycles. The highest BCUT2D eigenvalue weighted by Gasteiger charge is 2.43. The number of amidine groups is 1. The molecule has 2 atom stereocenters. The number of esters is 1. The van der Waals surface area contributed by atoms with E-state index in [1.54, 1.807) is 40.7 Å². The lowest BCUT2D eigenvalue weighted by Crippen LogP contribution is -2.53. The number of methoxy groups -OCH3 is 1. The molecule has 0 spiro atoms. The van der Waals surface area contributed by atoms with Gasteiger partial charge in [0.2, 0.25) is 0 Å². The molecule has 0 bridgehead atoms. The molecule has 7 rings (SSSR count). The predicted octanol–water partition coefficient (Wildman–Crippen LogP) is 5.58. The highest BCUT2D eigenvalue weighted by Crippen LogP contribution is 2.37. The van der Waals surface area contributed by atoms with Crippen LogP contribution in [0.25, 0.3) is 11.1 Å². The van der Waals surface area contributed by atoms with Crippen LogP contribution in [0.15, 0.2) is 88.5 Å². The third-order valence-corrected chi connectivity index (χ3v) is 10.1. The molecule has 0 saturated carbocycles. The Morgan fingerprint density at radius 2 is 1.84 bits per heavy atom. The molecule has 2 amide bonds. The third-order valence-electron chi connectivity index (χ3n) is 8.95. The number of rotatable bonds is 8. The van der Waals surface area contributed by atoms with Gasteiger partial charge in [-0.2, -0.15) is 0 Å². The fraction of sp³-hybridized carbons (Fsp3) is 0.229. The SMILES string of the molecule is COC(=O)C1=C(CN2CCN3C(=O)N(c4ccc(-c5ccc(C(=O)O)cc5)cc4F)CC3C2)NC(c2nccs2)=NC1c1ccc(F)cc1Cl. The maximum absolute atomic E-state index is 15.5. The van der Waals surface area contributed by atoms with E-state index in [-0.39, 0.29) is 47.0 Å². The lowest BCUT2D eigenvalue weighted by atomic mass is 9.95. The molecule has 3 aromatic carbocycles. The summed E-state index contributed by atoms with van der Waals surface area (Å²) in [4.78, 5) is 52.5. The van der Waals surface area contributed by atoms with Crippen molar-refractivity contribution < 1.29 is 33.0 Å². The van der Waals surface area contributed by atoms with Crippen molar-refractivity contribution >= 4 is 52.4 Å². The van der Waals surface area contributed by atoms with Crippen molar-refractivity contribution in [2.24, 2.45) is 4.99 Å². The zero-order chi connectivity index (χ0) is 35.1. The van der Waals surface area contributed by atoms with Crippen LogP contribution in [0.5, 0.6) is 0 Å². The van der Waals surface area contributed by atoms with Gasteiger partial charge in [0.05, 0.1) is 30.0 Å². The number of carboxylic acids is 1. The van der Waals surface area contributed by atoms with Gasteiger partial charge < -0.3 is 20.1 Å². The monoisotopic (exact) mass is 718 g/mol. The van der Waals surface area contributed by atoms with Gasteiger partial charge in [-0.05, 0) is 47.5 Å². The molecule has 2 saturated heterocycles. The fourth-order valence-electron chi connectivity index (χ4n) is 6.52. The molecule has 2 unspecified atom stereocenters. The molecule has 0 radical (unpaired) electrons. The average Bonchev–Trinajstić information content (AvgIpc) is 3.76. The number of aliphatic imine (C=N–C) groups is 1. The van der Waals surface area contributed by atoms with Crippen molar-refractivity contribution in [1.29, 1.82) is 0 Å². The first-order chi connectivity index (χ1) is 24.1. The number of halogens is 3. The number of amides is 2. The number of benzene rings is 3. The molecule has 4 heterocycles. The normalized spacial score (nSPS) is 19.3. The van der Waals surface area contributed by atoms with Gasteiger partial charge in [0.1, 0.15) is 17.7 Å². The smallest absolute Gasteiger partial charge is 0.338 e. The second-order valence-electron chi connectivity index (χ2n) is 11.9. The first-order valence-corrected chi connectivity index (χ1v) is 16.8. The number of carbonyl (C=O) groups excluding carboxylic acids is 2. The lowest BCUT2D eigenvalue weighted by Gasteiger charge is -2.38. The van der Waals surface area contributed by atoms with E-state index < -0.39 is 29.6 Å². The maximum atomic E-state index is 15.5. The van der Waals surface area contributed by atoms with Crippen LogP contribution in [0.4, 0.5) is 19.3 Å². The van der Waals surface area contributed by atoms with Gasteiger partial charge in [0.25, 0.3) is 0 Å². The lowest BCUT2D eigenvalue weighted by molar-refractivity contribution is -0.136. The quantitative estimate of drug-likeness (QED) is 0.226. The van der Waals surface area contributed by atoms with E-state index in [4.69, 9.17) is 26.4 Å². The van der Waals surface area contributed by atoms with Crippen molar-refractivity contribution in [3.8, 4) is 11.1 Å². The summed E-state index contributed by atoms with van der Waals surface area (Å²) in [7, 11) is 1.27. The van der Waals surface area contributed by atoms with Gasteiger partial charge >= 0.3 is 18.0 Å². The maximum Gasteiger partial charge on any atom is 0.338 e. The van der Waals surface area contributed by atoms with Crippen molar-refractivity contribution in [2.45, 2.75) is 12.1 Å². The molecular formula is C35H29ClF2N6O5S. The Morgan fingerprint density at radius 1 is 1.06 bits per heavy atom. The van der Waals surface area contributed by atoms with E-state index in [1.165, 1.54) is 59.7 Å². The topological polar surface area (TPSA) is 128 Å². The van der Waals surface area contributed by atoms with Gasteiger partial charge in [-0.3, -0.25) is 14.8 Å². The van der Waals surface area contributed by atoms with Crippen LogP contribution in [-0.2, 0) is 9.53 Å². The number of carboxylic acid groups (broad SMARTS) is 1. The van der Waals surface area contributed by atoms with E-state index in [9.17, 15) is 18.8 Å². The molecule has 50 heavy (non-hydrogen) atoms. The summed E-state index contributed by atoms with van der Waals surface area (Å²) >= 11 is 7.84. The summed E-state index contributed by atoms with van der Waals surface area (Å²) in [5, 5.41) is 14.9. The number of urea groups is 1. The minimum Gasteiger partial charge on any atom is -0.478 e. The number of thiazole rings is 1.